The van der Waals surface area contributed by atoms with Gasteiger partial charge >= 0.3 is 0 Å². The number of rotatable bonds is 3. The van der Waals surface area contributed by atoms with Crippen molar-refractivity contribution in [3.63, 3.8) is 0 Å². The molecule has 0 amide bonds. The minimum absolute atomic E-state index is 0.596. The van der Waals surface area contributed by atoms with Gasteiger partial charge in [-0.1, -0.05) is 36.0 Å². The minimum atomic E-state index is 0.596. The van der Waals surface area contributed by atoms with E-state index in [9.17, 15) is 0 Å². The summed E-state index contributed by atoms with van der Waals surface area (Å²) in [7, 11) is 0. The quantitative estimate of drug-likeness (QED) is 0.730. The molecule has 0 N–H and O–H groups in total. The fraction of sp³-hybridized carbons (Fsp3) is 0.400. The molecule has 1 saturated carbocycles. The second-order valence-electron chi connectivity index (χ2n) is 5.20. The topological polar surface area (TPSA) is 17.3 Å². The molecule has 0 unspecified atom stereocenters. The number of aromatic nitrogens is 1. The summed E-state index contributed by atoms with van der Waals surface area (Å²) in [6.07, 6.45) is 7.52. The van der Waals surface area contributed by atoms with Gasteiger partial charge in [-0.05, 0) is 37.0 Å². The van der Waals surface area contributed by atoms with Crippen LogP contribution in [0.2, 0.25) is 10.0 Å². The Balaban J connectivity index is 1.89. The molecule has 20 heavy (non-hydrogen) atoms. The third-order valence-corrected chi connectivity index (χ3v) is 5.05. The van der Waals surface area contributed by atoms with E-state index in [0.29, 0.717) is 10.0 Å². The predicted molar refractivity (Wildman–Crippen MR) is 86.0 cm³/mol. The van der Waals surface area contributed by atoms with Crippen molar-refractivity contribution in [2.75, 3.05) is 0 Å². The Labute approximate surface area is 132 Å². The van der Waals surface area contributed by atoms with Crippen molar-refractivity contribution < 1.29 is 0 Å². The molecule has 0 aliphatic heterocycles. The number of hydrogen-bond donors (Lipinski definition) is 0. The molecule has 5 heteroatoms. The molecule has 0 spiro atoms. The lowest BCUT2D eigenvalue weighted by Gasteiger charge is -2.09. The number of thiazole rings is 1. The summed E-state index contributed by atoms with van der Waals surface area (Å²) in [5.74, 6) is 0.796. The van der Waals surface area contributed by atoms with Crippen LogP contribution in [0.1, 0.15) is 25.7 Å². The summed E-state index contributed by atoms with van der Waals surface area (Å²) >= 11 is 13.7. The maximum atomic E-state index is 6.19. The average molecular weight is 327 g/mol. The van der Waals surface area contributed by atoms with Gasteiger partial charge in [0.15, 0.2) is 4.80 Å². The van der Waals surface area contributed by atoms with Crippen LogP contribution in [0.15, 0.2) is 34.8 Å². The smallest absolute Gasteiger partial charge is 0.189 e. The van der Waals surface area contributed by atoms with E-state index in [2.05, 4.69) is 21.1 Å². The molecule has 2 nitrogen and oxygen atoms in total. The van der Waals surface area contributed by atoms with E-state index in [-0.39, 0.29) is 0 Å². The Hall–Kier alpha value is -0.770. The molecule has 0 radical (unpaired) electrons. The van der Waals surface area contributed by atoms with Crippen LogP contribution in [-0.2, 0) is 6.54 Å². The van der Waals surface area contributed by atoms with Gasteiger partial charge in [0.2, 0.25) is 0 Å². The molecule has 0 atom stereocenters. The fourth-order valence-corrected chi connectivity index (χ4v) is 3.87. The third-order valence-electron chi connectivity index (χ3n) is 3.72. The highest BCUT2D eigenvalue weighted by Gasteiger charge is 2.15. The largest absolute Gasteiger partial charge is 0.323 e. The van der Waals surface area contributed by atoms with E-state index in [1.807, 2.05) is 12.1 Å². The average Bonchev–Trinajstić information content (AvgIpc) is 3.06. The normalized spacial score (nSPS) is 17.0. The molecule has 1 fully saturated rings. The zero-order chi connectivity index (χ0) is 13.9. The van der Waals surface area contributed by atoms with Gasteiger partial charge in [0.05, 0.1) is 10.7 Å². The molecule has 0 bridgehead atoms. The van der Waals surface area contributed by atoms with Crippen molar-refractivity contribution in [1.29, 1.82) is 0 Å². The van der Waals surface area contributed by atoms with E-state index >= 15 is 0 Å². The van der Waals surface area contributed by atoms with Crippen LogP contribution in [0.25, 0.3) is 0 Å². The van der Waals surface area contributed by atoms with Gasteiger partial charge < -0.3 is 4.57 Å². The van der Waals surface area contributed by atoms with Gasteiger partial charge in [-0.15, -0.1) is 11.3 Å². The van der Waals surface area contributed by atoms with Crippen LogP contribution in [0, 0.1) is 5.92 Å². The molecule has 2 aromatic rings. The van der Waals surface area contributed by atoms with Crippen molar-refractivity contribution in [3.05, 3.63) is 44.6 Å². The lowest BCUT2D eigenvalue weighted by atomic mass is 10.1. The van der Waals surface area contributed by atoms with Crippen LogP contribution in [0.5, 0.6) is 0 Å². The van der Waals surface area contributed by atoms with Crippen molar-refractivity contribution in [2.24, 2.45) is 10.9 Å². The van der Waals surface area contributed by atoms with E-state index in [1.54, 1.807) is 17.4 Å². The lowest BCUT2D eigenvalue weighted by molar-refractivity contribution is 0.451. The molecule has 1 aliphatic rings. The fourth-order valence-electron chi connectivity index (χ4n) is 2.67. The van der Waals surface area contributed by atoms with Crippen molar-refractivity contribution in [1.82, 2.24) is 4.57 Å². The standard InChI is InChI=1S/C15H16Cl2N2S/c16-12-5-6-14(13(17)9-12)18-15-19(7-8-20-15)10-11-3-1-2-4-11/h5-9,11H,1-4,10H2. The highest BCUT2D eigenvalue weighted by Crippen LogP contribution is 2.28. The molecule has 3 rings (SSSR count). The summed E-state index contributed by atoms with van der Waals surface area (Å²) in [5, 5.41) is 3.31. The van der Waals surface area contributed by atoms with Crippen LogP contribution in [0.3, 0.4) is 0 Å². The molecule has 1 aromatic carbocycles. The second kappa shape index (κ2) is 6.33. The first-order valence-electron chi connectivity index (χ1n) is 6.86. The monoisotopic (exact) mass is 326 g/mol. The van der Waals surface area contributed by atoms with Crippen LogP contribution >= 0.6 is 34.5 Å². The Morgan fingerprint density at radius 1 is 1.25 bits per heavy atom. The maximum Gasteiger partial charge on any atom is 0.189 e. The van der Waals surface area contributed by atoms with Gasteiger partial charge in [0, 0.05) is 23.1 Å². The van der Waals surface area contributed by atoms with Gasteiger partial charge in [-0.25, -0.2) is 4.99 Å². The molecule has 106 valence electrons. The second-order valence-corrected chi connectivity index (χ2v) is 6.91. The summed E-state index contributed by atoms with van der Waals surface area (Å²) in [6.45, 7) is 1.06. The molecule has 1 heterocycles. The third kappa shape index (κ3) is 3.27. The number of benzene rings is 1. The highest BCUT2D eigenvalue weighted by atomic mass is 35.5. The first kappa shape index (κ1) is 14.2. The summed E-state index contributed by atoms with van der Waals surface area (Å²) < 4.78 is 2.24. The van der Waals surface area contributed by atoms with E-state index < -0.39 is 0 Å². The Bertz CT molecular complexity index is 654. The van der Waals surface area contributed by atoms with Gasteiger partial charge in [-0.3, -0.25) is 0 Å². The first-order chi connectivity index (χ1) is 9.72. The summed E-state index contributed by atoms with van der Waals surface area (Å²) in [5.41, 5.74) is 0.777. The Morgan fingerprint density at radius 2 is 2.05 bits per heavy atom. The zero-order valence-corrected chi connectivity index (χ0v) is 13.4. The molecule has 0 saturated heterocycles. The SMILES string of the molecule is Clc1ccc(N=c2sccn2CC2CCCC2)c(Cl)c1. The van der Waals surface area contributed by atoms with E-state index in [4.69, 9.17) is 23.2 Å². The Kier molecular flexibility index (Phi) is 4.49. The zero-order valence-electron chi connectivity index (χ0n) is 11.1. The molecule has 1 aromatic heterocycles. The van der Waals surface area contributed by atoms with Gasteiger partial charge in [0.25, 0.3) is 0 Å². The maximum absolute atomic E-state index is 6.19. The number of hydrogen-bond acceptors (Lipinski definition) is 2. The van der Waals surface area contributed by atoms with Crippen LogP contribution in [-0.4, -0.2) is 4.57 Å². The highest BCUT2D eigenvalue weighted by molar-refractivity contribution is 7.07. The minimum Gasteiger partial charge on any atom is -0.323 e. The summed E-state index contributed by atoms with van der Waals surface area (Å²) in [6, 6.07) is 5.42. The van der Waals surface area contributed by atoms with Crippen LogP contribution in [0.4, 0.5) is 5.69 Å². The number of nitrogens with zero attached hydrogens (tertiary/aromatic N) is 2. The van der Waals surface area contributed by atoms with Gasteiger partial charge in [-0.2, -0.15) is 0 Å². The van der Waals surface area contributed by atoms with Crippen molar-refractivity contribution in [2.45, 2.75) is 32.2 Å². The summed E-state index contributed by atoms with van der Waals surface area (Å²) in [4.78, 5) is 5.68. The first-order valence-corrected chi connectivity index (χ1v) is 8.49. The molecular formula is C15H16Cl2N2S. The molecular weight excluding hydrogens is 311 g/mol. The molecule has 1 aliphatic carbocycles. The van der Waals surface area contributed by atoms with E-state index in [0.717, 1.165) is 23.0 Å². The predicted octanol–water partition coefficient (Wildman–Crippen LogP) is 5.28. The van der Waals surface area contributed by atoms with Crippen molar-refractivity contribution >= 4 is 40.2 Å². The lowest BCUT2D eigenvalue weighted by Crippen LogP contribution is -2.18. The van der Waals surface area contributed by atoms with Crippen LogP contribution < -0.4 is 4.80 Å². The Morgan fingerprint density at radius 3 is 2.80 bits per heavy atom. The van der Waals surface area contributed by atoms with E-state index in [1.165, 1.54) is 25.7 Å². The number of halogens is 2. The van der Waals surface area contributed by atoms with Crippen molar-refractivity contribution in [3.8, 4) is 0 Å². The van der Waals surface area contributed by atoms with Gasteiger partial charge in [0.1, 0.15) is 0 Å².